The van der Waals surface area contributed by atoms with E-state index in [-0.39, 0.29) is 11.8 Å². The molecule has 1 saturated carbocycles. The molecule has 1 amide bonds. The molecule has 0 saturated heterocycles. The van der Waals surface area contributed by atoms with Gasteiger partial charge in [-0.2, -0.15) is 0 Å². The number of rotatable bonds is 4. The van der Waals surface area contributed by atoms with Crippen LogP contribution in [0.15, 0.2) is 18.3 Å². The maximum Gasteiger partial charge on any atom is 0.223 e. The number of aromatic nitrogens is 1. The Morgan fingerprint density at radius 1 is 1.53 bits per heavy atom. The molecule has 4 heteroatoms. The summed E-state index contributed by atoms with van der Waals surface area (Å²) in [5.74, 6) is 0.981. The minimum Gasteiger partial charge on any atom is -0.481 e. The van der Waals surface area contributed by atoms with Crippen LogP contribution in [0, 0.1) is 5.92 Å². The van der Waals surface area contributed by atoms with Crippen LogP contribution in [0.2, 0.25) is 0 Å². The van der Waals surface area contributed by atoms with E-state index in [2.05, 4.69) is 10.3 Å². The van der Waals surface area contributed by atoms with Crippen LogP contribution in [-0.4, -0.2) is 18.0 Å². The molecule has 1 aromatic rings. The number of pyridine rings is 1. The van der Waals surface area contributed by atoms with Crippen molar-refractivity contribution in [3.63, 3.8) is 0 Å². The second-order valence-electron chi connectivity index (χ2n) is 4.41. The van der Waals surface area contributed by atoms with Crippen molar-refractivity contribution in [3.8, 4) is 5.88 Å². The molecule has 0 aliphatic heterocycles. The largest absolute Gasteiger partial charge is 0.481 e. The van der Waals surface area contributed by atoms with Crippen LogP contribution in [0.25, 0.3) is 0 Å². The fourth-order valence-corrected chi connectivity index (χ4v) is 2.19. The first-order chi connectivity index (χ1) is 8.29. The standard InChI is InChI=1S/C13H18N2O2/c1-17-12-8-10(6-7-14-12)9-15-13(16)11-4-2-3-5-11/h6-8,11H,2-5,9H2,1H3,(H,15,16). The molecule has 0 atom stereocenters. The average Bonchev–Trinajstić information content (AvgIpc) is 2.90. The Labute approximate surface area is 101 Å². The molecular weight excluding hydrogens is 216 g/mol. The van der Waals surface area contributed by atoms with Crippen LogP contribution in [0.4, 0.5) is 0 Å². The quantitative estimate of drug-likeness (QED) is 0.865. The van der Waals surface area contributed by atoms with Crippen molar-refractivity contribution in [2.45, 2.75) is 32.2 Å². The van der Waals surface area contributed by atoms with Gasteiger partial charge in [0, 0.05) is 24.7 Å². The van der Waals surface area contributed by atoms with Crippen molar-refractivity contribution in [3.05, 3.63) is 23.9 Å². The van der Waals surface area contributed by atoms with Gasteiger partial charge < -0.3 is 10.1 Å². The summed E-state index contributed by atoms with van der Waals surface area (Å²) in [6, 6.07) is 3.73. The number of methoxy groups -OCH3 is 1. The van der Waals surface area contributed by atoms with Crippen LogP contribution < -0.4 is 10.1 Å². The Morgan fingerprint density at radius 2 is 2.29 bits per heavy atom. The van der Waals surface area contributed by atoms with Gasteiger partial charge in [-0.15, -0.1) is 0 Å². The van der Waals surface area contributed by atoms with E-state index in [0.717, 1.165) is 18.4 Å². The maximum atomic E-state index is 11.8. The second-order valence-corrected chi connectivity index (χ2v) is 4.41. The molecule has 4 nitrogen and oxygen atoms in total. The summed E-state index contributed by atoms with van der Waals surface area (Å²) < 4.78 is 5.04. The third-order valence-electron chi connectivity index (χ3n) is 3.20. The van der Waals surface area contributed by atoms with Crippen molar-refractivity contribution in [1.82, 2.24) is 10.3 Å². The van der Waals surface area contributed by atoms with Gasteiger partial charge in [0.15, 0.2) is 0 Å². The van der Waals surface area contributed by atoms with Gasteiger partial charge in [-0.3, -0.25) is 4.79 Å². The number of nitrogens with one attached hydrogen (secondary N) is 1. The highest BCUT2D eigenvalue weighted by Gasteiger charge is 2.22. The van der Waals surface area contributed by atoms with Crippen LogP contribution in [-0.2, 0) is 11.3 Å². The van der Waals surface area contributed by atoms with E-state index in [4.69, 9.17) is 4.74 Å². The lowest BCUT2D eigenvalue weighted by molar-refractivity contribution is -0.124. The average molecular weight is 234 g/mol. The summed E-state index contributed by atoms with van der Waals surface area (Å²) in [6.07, 6.45) is 6.12. The van der Waals surface area contributed by atoms with Crippen molar-refractivity contribution in [2.75, 3.05) is 7.11 Å². The van der Waals surface area contributed by atoms with Crippen molar-refractivity contribution >= 4 is 5.91 Å². The van der Waals surface area contributed by atoms with Gasteiger partial charge >= 0.3 is 0 Å². The molecule has 2 rings (SSSR count). The molecular formula is C13H18N2O2. The molecule has 1 heterocycles. The van der Waals surface area contributed by atoms with Crippen molar-refractivity contribution in [1.29, 1.82) is 0 Å². The molecule has 92 valence electrons. The number of nitrogens with zero attached hydrogens (tertiary/aromatic N) is 1. The lowest BCUT2D eigenvalue weighted by Crippen LogP contribution is -2.28. The minimum atomic E-state index is 0.179. The van der Waals surface area contributed by atoms with E-state index in [0.29, 0.717) is 12.4 Å². The zero-order valence-electron chi connectivity index (χ0n) is 10.1. The molecule has 1 fully saturated rings. The lowest BCUT2D eigenvalue weighted by atomic mass is 10.1. The first-order valence-corrected chi connectivity index (χ1v) is 6.06. The summed E-state index contributed by atoms with van der Waals surface area (Å²) in [4.78, 5) is 15.8. The molecule has 0 radical (unpaired) electrons. The van der Waals surface area contributed by atoms with E-state index in [1.165, 1.54) is 12.8 Å². The fourth-order valence-electron chi connectivity index (χ4n) is 2.19. The Hall–Kier alpha value is -1.58. The smallest absolute Gasteiger partial charge is 0.223 e. The van der Waals surface area contributed by atoms with E-state index in [9.17, 15) is 4.79 Å². The van der Waals surface area contributed by atoms with E-state index in [1.54, 1.807) is 13.3 Å². The number of amides is 1. The zero-order valence-corrected chi connectivity index (χ0v) is 10.1. The fraction of sp³-hybridized carbons (Fsp3) is 0.538. The van der Waals surface area contributed by atoms with Crippen LogP contribution in [0.3, 0.4) is 0 Å². The van der Waals surface area contributed by atoms with Gasteiger partial charge in [0.1, 0.15) is 0 Å². The van der Waals surface area contributed by atoms with Gasteiger partial charge in [0.05, 0.1) is 7.11 Å². The Balaban J connectivity index is 1.86. The summed E-state index contributed by atoms with van der Waals surface area (Å²) in [5, 5.41) is 2.97. The van der Waals surface area contributed by atoms with Crippen LogP contribution in [0.5, 0.6) is 5.88 Å². The Bertz CT molecular complexity index is 387. The number of hydrogen-bond donors (Lipinski definition) is 1. The summed E-state index contributed by atoms with van der Waals surface area (Å²) in [6.45, 7) is 0.550. The Morgan fingerprint density at radius 3 is 3.00 bits per heavy atom. The molecule has 1 N–H and O–H groups in total. The number of ether oxygens (including phenoxy) is 1. The molecule has 17 heavy (non-hydrogen) atoms. The summed E-state index contributed by atoms with van der Waals surface area (Å²) >= 11 is 0. The van der Waals surface area contributed by atoms with Crippen molar-refractivity contribution < 1.29 is 9.53 Å². The van der Waals surface area contributed by atoms with E-state index < -0.39 is 0 Å². The minimum absolute atomic E-state index is 0.179. The van der Waals surface area contributed by atoms with Gasteiger partial charge in [0.2, 0.25) is 11.8 Å². The van der Waals surface area contributed by atoms with E-state index in [1.807, 2.05) is 12.1 Å². The summed E-state index contributed by atoms with van der Waals surface area (Å²) in [7, 11) is 1.59. The highest BCUT2D eigenvalue weighted by molar-refractivity contribution is 5.78. The Kier molecular flexibility index (Phi) is 3.96. The van der Waals surface area contributed by atoms with Gasteiger partial charge in [-0.1, -0.05) is 12.8 Å². The highest BCUT2D eigenvalue weighted by Crippen LogP contribution is 2.24. The first kappa shape index (κ1) is 11.9. The monoisotopic (exact) mass is 234 g/mol. The predicted octanol–water partition coefficient (Wildman–Crippen LogP) is 1.90. The topological polar surface area (TPSA) is 51.2 Å². The predicted molar refractivity (Wildman–Crippen MR) is 64.6 cm³/mol. The number of carbonyl (C=O) groups is 1. The van der Waals surface area contributed by atoms with Gasteiger partial charge in [0.25, 0.3) is 0 Å². The number of carbonyl (C=O) groups excluding carboxylic acids is 1. The lowest BCUT2D eigenvalue weighted by Gasteiger charge is -2.10. The molecule has 1 aliphatic carbocycles. The third kappa shape index (κ3) is 3.19. The normalized spacial score (nSPS) is 15.8. The first-order valence-electron chi connectivity index (χ1n) is 6.06. The SMILES string of the molecule is COc1cc(CNC(=O)C2CCCC2)ccn1. The van der Waals surface area contributed by atoms with Crippen LogP contribution in [0.1, 0.15) is 31.2 Å². The highest BCUT2D eigenvalue weighted by atomic mass is 16.5. The summed E-state index contributed by atoms with van der Waals surface area (Å²) in [5.41, 5.74) is 1.02. The molecule has 1 aromatic heterocycles. The molecule has 1 aliphatic rings. The molecule has 0 spiro atoms. The number of hydrogen-bond acceptors (Lipinski definition) is 3. The van der Waals surface area contributed by atoms with E-state index >= 15 is 0 Å². The molecule has 0 bridgehead atoms. The van der Waals surface area contributed by atoms with Gasteiger partial charge in [-0.05, 0) is 24.5 Å². The van der Waals surface area contributed by atoms with Crippen LogP contribution >= 0.6 is 0 Å². The third-order valence-corrected chi connectivity index (χ3v) is 3.20. The maximum absolute atomic E-state index is 11.8. The van der Waals surface area contributed by atoms with Crippen molar-refractivity contribution in [2.24, 2.45) is 5.92 Å². The van der Waals surface area contributed by atoms with Gasteiger partial charge in [-0.25, -0.2) is 4.98 Å². The molecule has 0 unspecified atom stereocenters. The molecule has 0 aromatic carbocycles. The second kappa shape index (κ2) is 5.66. The zero-order chi connectivity index (χ0) is 12.1.